The molecule has 0 spiro atoms. The monoisotopic (exact) mass is 240 g/mol. The SMILES string of the molecule is O=C(NCCCN1CCOCC1)C(F)(F)F. The van der Waals surface area contributed by atoms with Gasteiger partial charge in [0, 0.05) is 19.6 Å². The fourth-order valence-electron chi connectivity index (χ4n) is 1.43. The second-order valence-corrected chi connectivity index (χ2v) is 3.56. The van der Waals surface area contributed by atoms with Crippen molar-refractivity contribution < 1.29 is 22.7 Å². The van der Waals surface area contributed by atoms with Crippen LogP contribution in [0.5, 0.6) is 0 Å². The van der Waals surface area contributed by atoms with E-state index in [0.29, 0.717) is 26.2 Å². The van der Waals surface area contributed by atoms with Gasteiger partial charge in [-0.25, -0.2) is 0 Å². The highest BCUT2D eigenvalue weighted by atomic mass is 19.4. The molecule has 0 radical (unpaired) electrons. The molecule has 94 valence electrons. The Morgan fingerprint density at radius 3 is 2.50 bits per heavy atom. The maximum atomic E-state index is 11.8. The quantitative estimate of drug-likeness (QED) is 0.723. The number of rotatable bonds is 4. The largest absolute Gasteiger partial charge is 0.471 e. The summed E-state index contributed by atoms with van der Waals surface area (Å²) in [5, 5.41) is 1.84. The third-order valence-corrected chi connectivity index (χ3v) is 2.30. The number of nitrogens with one attached hydrogen (secondary N) is 1. The number of halogens is 3. The van der Waals surface area contributed by atoms with E-state index in [0.717, 1.165) is 13.1 Å². The Labute approximate surface area is 91.7 Å². The molecule has 0 unspecified atom stereocenters. The van der Waals surface area contributed by atoms with Crippen LogP contribution in [0, 0.1) is 0 Å². The lowest BCUT2D eigenvalue weighted by Gasteiger charge is -2.26. The standard InChI is InChI=1S/C9H15F3N2O2/c10-9(11,12)8(15)13-2-1-3-14-4-6-16-7-5-14/h1-7H2,(H,13,15). The smallest absolute Gasteiger partial charge is 0.379 e. The number of carbonyl (C=O) groups excluding carboxylic acids is 1. The Morgan fingerprint density at radius 2 is 1.94 bits per heavy atom. The molecular weight excluding hydrogens is 225 g/mol. The number of alkyl halides is 3. The summed E-state index contributed by atoms with van der Waals surface area (Å²) in [7, 11) is 0. The van der Waals surface area contributed by atoms with Crippen LogP contribution in [0.1, 0.15) is 6.42 Å². The van der Waals surface area contributed by atoms with Gasteiger partial charge in [-0.2, -0.15) is 13.2 Å². The average molecular weight is 240 g/mol. The number of nitrogens with zero attached hydrogens (tertiary/aromatic N) is 1. The van der Waals surface area contributed by atoms with Crippen LogP contribution in [0.25, 0.3) is 0 Å². The maximum Gasteiger partial charge on any atom is 0.471 e. The molecule has 1 rings (SSSR count). The first kappa shape index (κ1) is 13.2. The zero-order chi connectivity index (χ0) is 12.0. The first-order valence-corrected chi connectivity index (χ1v) is 5.15. The Balaban J connectivity index is 2.05. The Morgan fingerprint density at radius 1 is 1.31 bits per heavy atom. The summed E-state index contributed by atoms with van der Waals surface area (Å²) in [6, 6.07) is 0. The molecule has 0 aromatic heterocycles. The zero-order valence-corrected chi connectivity index (χ0v) is 8.85. The summed E-state index contributed by atoms with van der Waals surface area (Å²) in [6.45, 7) is 3.65. The average Bonchev–Trinajstić information content (AvgIpc) is 2.24. The normalized spacial score (nSPS) is 18.4. The molecule has 0 aromatic rings. The molecule has 1 fully saturated rings. The van der Waals surface area contributed by atoms with Crippen molar-refractivity contribution in [3.05, 3.63) is 0 Å². The predicted molar refractivity (Wildman–Crippen MR) is 50.9 cm³/mol. The van der Waals surface area contributed by atoms with E-state index in [-0.39, 0.29) is 6.54 Å². The summed E-state index contributed by atoms with van der Waals surface area (Å²) in [6.07, 6.45) is -4.26. The number of hydrogen-bond acceptors (Lipinski definition) is 3. The van der Waals surface area contributed by atoms with Gasteiger partial charge in [0.15, 0.2) is 0 Å². The minimum atomic E-state index is -4.78. The molecule has 0 saturated carbocycles. The fraction of sp³-hybridized carbons (Fsp3) is 0.889. The topological polar surface area (TPSA) is 41.6 Å². The van der Waals surface area contributed by atoms with E-state index in [4.69, 9.17) is 4.74 Å². The van der Waals surface area contributed by atoms with Crippen LogP contribution in [0.4, 0.5) is 13.2 Å². The number of hydrogen-bond donors (Lipinski definition) is 1. The van der Waals surface area contributed by atoms with Gasteiger partial charge in [0.05, 0.1) is 13.2 Å². The number of amides is 1. The number of morpholine rings is 1. The van der Waals surface area contributed by atoms with Crippen LogP contribution in [0.2, 0.25) is 0 Å². The second-order valence-electron chi connectivity index (χ2n) is 3.56. The molecular formula is C9H15F3N2O2. The van der Waals surface area contributed by atoms with Crippen molar-refractivity contribution in [1.29, 1.82) is 0 Å². The minimum Gasteiger partial charge on any atom is -0.379 e. The molecule has 16 heavy (non-hydrogen) atoms. The van der Waals surface area contributed by atoms with Crippen LogP contribution in [0.15, 0.2) is 0 Å². The van der Waals surface area contributed by atoms with Crippen molar-refractivity contribution in [3.8, 4) is 0 Å². The Bertz CT molecular complexity index is 227. The highest BCUT2D eigenvalue weighted by Gasteiger charge is 2.38. The summed E-state index contributed by atoms with van der Waals surface area (Å²) in [4.78, 5) is 12.5. The summed E-state index contributed by atoms with van der Waals surface area (Å²) in [5.41, 5.74) is 0. The molecule has 7 heteroatoms. The van der Waals surface area contributed by atoms with Gasteiger partial charge >= 0.3 is 12.1 Å². The molecule has 0 atom stereocenters. The highest BCUT2D eigenvalue weighted by molar-refractivity contribution is 5.81. The van der Waals surface area contributed by atoms with Crippen molar-refractivity contribution in [1.82, 2.24) is 10.2 Å². The van der Waals surface area contributed by atoms with Crippen LogP contribution in [-0.4, -0.2) is 56.4 Å². The molecule has 1 saturated heterocycles. The molecule has 4 nitrogen and oxygen atoms in total. The lowest BCUT2D eigenvalue weighted by molar-refractivity contribution is -0.173. The first-order chi connectivity index (χ1) is 7.50. The van der Waals surface area contributed by atoms with Crippen molar-refractivity contribution in [2.45, 2.75) is 12.6 Å². The predicted octanol–water partition coefficient (Wildman–Crippen LogP) is 0.387. The van der Waals surface area contributed by atoms with E-state index in [1.807, 2.05) is 5.32 Å². The van der Waals surface area contributed by atoms with Crippen LogP contribution < -0.4 is 5.32 Å². The van der Waals surface area contributed by atoms with Crippen molar-refractivity contribution in [3.63, 3.8) is 0 Å². The van der Waals surface area contributed by atoms with Gasteiger partial charge in [0.25, 0.3) is 0 Å². The molecule has 1 amide bonds. The van der Waals surface area contributed by atoms with Crippen molar-refractivity contribution in [2.24, 2.45) is 0 Å². The van der Waals surface area contributed by atoms with E-state index in [9.17, 15) is 18.0 Å². The van der Waals surface area contributed by atoms with Gasteiger partial charge in [-0.15, -0.1) is 0 Å². The molecule has 1 aliphatic heterocycles. The van der Waals surface area contributed by atoms with Crippen LogP contribution in [0.3, 0.4) is 0 Å². The molecule has 0 aliphatic carbocycles. The second kappa shape index (κ2) is 6.05. The maximum absolute atomic E-state index is 11.8. The number of ether oxygens (including phenoxy) is 1. The van der Waals surface area contributed by atoms with E-state index in [1.54, 1.807) is 0 Å². The lowest BCUT2D eigenvalue weighted by atomic mass is 10.3. The molecule has 1 N–H and O–H groups in total. The van der Waals surface area contributed by atoms with Crippen molar-refractivity contribution in [2.75, 3.05) is 39.4 Å². The molecule has 0 bridgehead atoms. The molecule has 0 aromatic carbocycles. The molecule has 1 heterocycles. The lowest BCUT2D eigenvalue weighted by Crippen LogP contribution is -2.40. The van der Waals surface area contributed by atoms with Crippen LogP contribution in [-0.2, 0) is 9.53 Å². The van der Waals surface area contributed by atoms with E-state index in [2.05, 4.69) is 4.90 Å². The Hall–Kier alpha value is -0.820. The van der Waals surface area contributed by atoms with Gasteiger partial charge in [-0.1, -0.05) is 0 Å². The van der Waals surface area contributed by atoms with E-state index < -0.39 is 12.1 Å². The highest BCUT2D eigenvalue weighted by Crippen LogP contribution is 2.13. The third kappa shape index (κ3) is 4.80. The zero-order valence-electron chi connectivity index (χ0n) is 8.85. The summed E-state index contributed by atoms with van der Waals surface area (Å²) >= 11 is 0. The van der Waals surface area contributed by atoms with Gasteiger partial charge in [0.2, 0.25) is 0 Å². The first-order valence-electron chi connectivity index (χ1n) is 5.15. The molecule has 1 aliphatic rings. The fourth-order valence-corrected chi connectivity index (χ4v) is 1.43. The minimum absolute atomic E-state index is 0.0513. The van der Waals surface area contributed by atoms with Gasteiger partial charge in [0.1, 0.15) is 0 Å². The van der Waals surface area contributed by atoms with Gasteiger partial charge < -0.3 is 10.1 Å². The van der Waals surface area contributed by atoms with Gasteiger partial charge in [-0.3, -0.25) is 9.69 Å². The van der Waals surface area contributed by atoms with E-state index in [1.165, 1.54) is 0 Å². The van der Waals surface area contributed by atoms with E-state index >= 15 is 0 Å². The number of carbonyl (C=O) groups is 1. The third-order valence-electron chi connectivity index (χ3n) is 2.30. The summed E-state index contributed by atoms with van der Waals surface area (Å²) < 4.78 is 40.5. The van der Waals surface area contributed by atoms with Gasteiger partial charge in [-0.05, 0) is 13.0 Å². The summed E-state index contributed by atoms with van der Waals surface area (Å²) in [5.74, 6) is -1.87. The van der Waals surface area contributed by atoms with Crippen molar-refractivity contribution >= 4 is 5.91 Å². The van der Waals surface area contributed by atoms with Crippen LogP contribution >= 0.6 is 0 Å². The Kier molecular flexibility index (Phi) is 5.01.